The van der Waals surface area contributed by atoms with Gasteiger partial charge in [0.15, 0.2) is 0 Å². The average Bonchev–Trinajstić information content (AvgIpc) is 3.39. The molecule has 0 aromatic heterocycles. The molecule has 0 atom stereocenters. The molecule has 65 heavy (non-hydrogen) atoms. The Kier molecular flexibility index (Phi) is 9.58. The van der Waals surface area contributed by atoms with Gasteiger partial charge in [-0.2, -0.15) is 0 Å². The Bertz CT molecular complexity index is 3660. The molecule has 12 aromatic carbocycles. The highest BCUT2D eigenvalue weighted by Crippen LogP contribution is 2.42. The Balaban J connectivity index is 0.917. The SMILES string of the molecule is c1ccc(-c2ccc3ccccc3c2-c2ccc(N(c3ccc(-c4ccc(-c5cccc6ccccc56)cc4)cc3)c3ccc(-c4ccc5c(ccc6ccccc65)c4)cc3)cc2)cc1. The fraction of sp³-hybridized carbons (Fsp3) is 0. The van der Waals surface area contributed by atoms with Crippen molar-refractivity contribution in [1.29, 1.82) is 0 Å². The number of fused-ring (bicyclic) bond motifs is 5. The van der Waals surface area contributed by atoms with E-state index in [2.05, 4.69) is 266 Å². The van der Waals surface area contributed by atoms with Gasteiger partial charge in [0.2, 0.25) is 0 Å². The topological polar surface area (TPSA) is 3.24 Å². The van der Waals surface area contributed by atoms with Crippen LogP contribution < -0.4 is 4.90 Å². The van der Waals surface area contributed by atoms with E-state index >= 15 is 0 Å². The van der Waals surface area contributed by atoms with E-state index in [4.69, 9.17) is 0 Å². The number of hydrogen-bond acceptors (Lipinski definition) is 1. The van der Waals surface area contributed by atoms with Gasteiger partial charge in [-0.25, -0.2) is 0 Å². The molecule has 0 heterocycles. The molecule has 0 N–H and O–H groups in total. The first-order valence-corrected chi connectivity index (χ1v) is 22.4. The van der Waals surface area contributed by atoms with Crippen LogP contribution in [-0.4, -0.2) is 0 Å². The Morgan fingerprint density at radius 3 is 1.28 bits per heavy atom. The van der Waals surface area contributed by atoms with Crippen molar-refractivity contribution >= 4 is 60.2 Å². The third kappa shape index (κ3) is 7.10. The zero-order valence-electron chi connectivity index (χ0n) is 35.8. The summed E-state index contributed by atoms with van der Waals surface area (Å²) in [6.45, 7) is 0. The van der Waals surface area contributed by atoms with E-state index in [1.165, 1.54) is 98.7 Å². The van der Waals surface area contributed by atoms with Gasteiger partial charge in [-0.15, -0.1) is 0 Å². The molecule has 0 amide bonds. The molecule has 0 aliphatic carbocycles. The summed E-state index contributed by atoms with van der Waals surface area (Å²) >= 11 is 0. The largest absolute Gasteiger partial charge is 0.311 e. The first-order valence-electron chi connectivity index (χ1n) is 22.4. The molecule has 0 aliphatic rings. The average molecular weight is 826 g/mol. The molecule has 0 fully saturated rings. The molecule has 1 heteroatoms. The monoisotopic (exact) mass is 825 g/mol. The van der Waals surface area contributed by atoms with Crippen molar-refractivity contribution in [1.82, 2.24) is 0 Å². The minimum atomic E-state index is 1.09. The zero-order valence-corrected chi connectivity index (χ0v) is 35.8. The van der Waals surface area contributed by atoms with E-state index in [9.17, 15) is 0 Å². The van der Waals surface area contributed by atoms with Crippen LogP contribution in [0, 0.1) is 0 Å². The van der Waals surface area contributed by atoms with Crippen LogP contribution in [-0.2, 0) is 0 Å². The van der Waals surface area contributed by atoms with Crippen LogP contribution >= 0.6 is 0 Å². The summed E-state index contributed by atoms with van der Waals surface area (Å²) in [5, 5.41) is 10.1. The van der Waals surface area contributed by atoms with Crippen molar-refractivity contribution in [2.75, 3.05) is 4.90 Å². The number of rotatable bonds is 8. The van der Waals surface area contributed by atoms with Gasteiger partial charge in [0.1, 0.15) is 0 Å². The van der Waals surface area contributed by atoms with E-state index in [1.807, 2.05) is 0 Å². The normalized spacial score (nSPS) is 11.4. The van der Waals surface area contributed by atoms with E-state index in [-0.39, 0.29) is 0 Å². The van der Waals surface area contributed by atoms with Crippen LogP contribution in [0.3, 0.4) is 0 Å². The molecular weight excluding hydrogens is 783 g/mol. The van der Waals surface area contributed by atoms with Crippen LogP contribution in [0.1, 0.15) is 0 Å². The third-order valence-corrected chi connectivity index (χ3v) is 13.1. The van der Waals surface area contributed by atoms with Crippen LogP contribution in [0.25, 0.3) is 98.7 Å². The minimum Gasteiger partial charge on any atom is -0.311 e. The van der Waals surface area contributed by atoms with Gasteiger partial charge in [0, 0.05) is 17.1 Å². The maximum atomic E-state index is 2.37. The summed E-state index contributed by atoms with van der Waals surface area (Å²) in [7, 11) is 0. The fourth-order valence-corrected chi connectivity index (χ4v) is 9.78. The summed E-state index contributed by atoms with van der Waals surface area (Å²) in [6, 6.07) is 95.2. The van der Waals surface area contributed by atoms with Crippen molar-refractivity contribution in [2.24, 2.45) is 0 Å². The van der Waals surface area contributed by atoms with E-state index < -0.39 is 0 Å². The molecule has 304 valence electrons. The second-order valence-electron chi connectivity index (χ2n) is 16.9. The lowest BCUT2D eigenvalue weighted by molar-refractivity contribution is 1.28. The highest BCUT2D eigenvalue weighted by atomic mass is 15.1. The molecule has 0 aliphatic heterocycles. The Labute approximate surface area is 379 Å². The van der Waals surface area contributed by atoms with Gasteiger partial charge in [-0.1, -0.05) is 218 Å². The number of nitrogens with zero attached hydrogens (tertiary/aromatic N) is 1. The van der Waals surface area contributed by atoms with Gasteiger partial charge in [0.25, 0.3) is 0 Å². The summed E-state index contributed by atoms with van der Waals surface area (Å²) in [4.78, 5) is 2.37. The van der Waals surface area contributed by atoms with Crippen LogP contribution in [0.4, 0.5) is 17.1 Å². The number of anilines is 3. The quantitative estimate of drug-likeness (QED) is 0.138. The molecule has 12 aromatic rings. The maximum Gasteiger partial charge on any atom is 0.0462 e. The summed E-state index contributed by atoms with van der Waals surface area (Å²) in [5.41, 5.74) is 15.4. The van der Waals surface area contributed by atoms with E-state index in [0.29, 0.717) is 0 Å². The predicted octanol–water partition coefficient (Wildman–Crippen LogP) is 18.1. The standard InChI is InChI=1S/C64H43N/c1-2-11-48(12-3-1)63-42-33-50-15-6-9-19-62(50)64(63)52-31-39-57(40-32-52)65(56-37-29-46(30-38-56)53-34-41-61-54(43-53)26-25-49-14-5-8-18-59(49)61)55-35-27-45(28-36-55)44-21-23-51(24-22-44)60-20-10-16-47-13-4-7-17-58(47)60/h1-43H. The highest BCUT2D eigenvalue weighted by molar-refractivity contribution is 6.09. The smallest absolute Gasteiger partial charge is 0.0462 e. The zero-order chi connectivity index (χ0) is 43.1. The minimum absolute atomic E-state index is 1.09. The molecule has 1 nitrogen and oxygen atoms in total. The Morgan fingerprint density at radius 2 is 0.615 bits per heavy atom. The van der Waals surface area contributed by atoms with Crippen molar-refractivity contribution in [3.05, 3.63) is 261 Å². The second-order valence-corrected chi connectivity index (χ2v) is 16.9. The molecule has 0 unspecified atom stereocenters. The van der Waals surface area contributed by atoms with Crippen molar-refractivity contribution in [3.63, 3.8) is 0 Å². The van der Waals surface area contributed by atoms with Gasteiger partial charge < -0.3 is 4.90 Å². The van der Waals surface area contributed by atoms with Crippen molar-refractivity contribution in [2.45, 2.75) is 0 Å². The summed E-state index contributed by atoms with van der Waals surface area (Å²) in [6.07, 6.45) is 0. The molecule has 0 saturated heterocycles. The summed E-state index contributed by atoms with van der Waals surface area (Å²) in [5.74, 6) is 0. The van der Waals surface area contributed by atoms with Gasteiger partial charge in [-0.05, 0) is 141 Å². The van der Waals surface area contributed by atoms with Crippen molar-refractivity contribution in [3.8, 4) is 55.6 Å². The van der Waals surface area contributed by atoms with Gasteiger partial charge >= 0.3 is 0 Å². The molecule has 0 spiro atoms. The molecule has 0 bridgehead atoms. The Hall–Kier alpha value is -8.52. The van der Waals surface area contributed by atoms with Crippen LogP contribution in [0.15, 0.2) is 261 Å². The van der Waals surface area contributed by atoms with Gasteiger partial charge in [-0.3, -0.25) is 0 Å². The first-order chi connectivity index (χ1) is 32.2. The van der Waals surface area contributed by atoms with Crippen LogP contribution in [0.5, 0.6) is 0 Å². The lowest BCUT2D eigenvalue weighted by atomic mass is 9.89. The maximum absolute atomic E-state index is 2.37. The highest BCUT2D eigenvalue weighted by Gasteiger charge is 2.17. The van der Waals surface area contributed by atoms with E-state index in [0.717, 1.165) is 17.1 Å². The van der Waals surface area contributed by atoms with Crippen LogP contribution in [0.2, 0.25) is 0 Å². The van der Waals surface area contributed by atoms with E-state index in [1.54, 1.807) is 0 Å². The van der Waals surface area contributed by atoms with Gasteiger partial charge in [0.05, 0.1) is 0 Å². The first kappa shape index (κ1) is 38.2. The molecule has 0 radical (unpaired) electrons. The Morgan fingerprint density at radius 1 is 0.200 bits per heavy atom. The number of benzene rings is 12. The predicted molar refractivity (Wildman–Crippen MR) is 278 cm³/mol. The second kappa shape index (κ2) is 16.3. The fourth-order valence-electron chi connectivity index (χ4n) is 9.78. The third-order valence-electron chi connectivity index (χ3n) is 13.1. The lowest BCUT2D eigenvalue weighted by Gasteiger charge is -2.26. The molecular formula is C64H43N. The molecule has 0 saturated carbocycles. The lowest BCUT2D eigenvalue weighted by Crippen LogP contribution is -2.09. The summed E-state index contributed by atoms with van der Waals surface area (Å²) < 4.78 is 0. The van der Waals surface area contributed by atoms with Crippen molar-refractivity contribution < 1.29 is 0 Å². The number of hydrogen-bond donors (Lipinski definition) is 0. The molecule has 12 rings (SSSR count).